The van der Waals surface area contributed by atoms with Crippen LogP contribution in [0.25, 0.3) is 21.8 Å². The summed E-state index contributed by atoms with van der Waals surface area (Å²) in [6.45, 7) is 0. The molecule has 8 aromatic rings. The topological polar surface area (TPSA) is 147 Å². The van der Waals surface area contributed by atoms with Gasteiger partial charge in [-0.25, -0.2) is 27.5 Å². The molecule has 0 bridgehead atoms. The number of nitrogens with zero attached hydrogens (tertiary/aromatic N) is 4. The van der Waals surface area contributed by atoms with Crippen molar-refractivity contribution in [2.24, 2.45) is 0 Å². The number of nitrogens with one attached hydrogen (secondary N) is 1. The van der Waals surface area contributed by atoms with E-state index in [-0.39, 0.29) is 23.1 Å². The number of hydrogen-bond donors (Lipinski definition) is 4. The number of aldehydes is 1. The zero-order valence-corrected chi connectivity index (χ0v) is 33.0. The average molecular weight is 883 g/mol. The van der Waals surface area contributed by atoms with E-state index in [1.165, 1.54) is 0 Å². The molecule has 1 unspecified atom stereocenters. The largest absolute Gasteiger partial charge is 0.506 e. The second-order valence-electron chi connectivity index (χ2n) is 11.9. The van der Waals surface area contributed by atoms with Crippen LogP contribution in [0.5, 0.6) is 11.5 Å². The van der Waals surface area contributed by atoms with Crippen molar-refractivity contribution in [2.75, 3.05) is 11.1 Å². The molecule has 9 nitrogen and oxygen atoms in total. The highest BCUT2D eigenvalue weighted by Gasteiger charge is 2.26. The zero-order chi connectivity index (χ0) is 42.6. The summed E-state index contributed by atoms with van der Waals surface area (Å²) in [4.78, 5) is 25.5. The summed E-state index contributed by atoms with van der Waals surface area (Å²) in [6.07, 6.45) is 5.61. The van der Waals surface area contributed by atoms with Gasteiger partial charge in [-0.3, -0.25) is 14.8 Å². The number of pyridine rings is 4. The van der Waals surface area contributed by atoms with Crippen molar-refractivity contribution in [1.82, 2.24) is 19.9 Å². The number of aromatic nitrogens is 4. The van der Waals surface area contributed by atoms with Crippen molar-refractivity contribution in [1.29, 1.82) is 0 Å². The highest BCUT2D eigenvalue weighted by atomic mass is 35.5. The molecule has 17 heteroatoms. The highest BCUT2D eigenvalue weighted by molar-refractivity contribution is 6.38. The van der Waals surface area contributed by atoms with Crippen LogP contribution in [0.15, 0.2) is 128 Å². The minimum absolute atomic E-state index is 0.112. The minimum Gasteiger partial charge on any atom is -0.506 e. The summed E-state index contributed by atoms with van der Waals surface area (Å²) in [7, 11) is 0. The van der Waals surface area contributed by atoms with E-state index in [0.717, 1.165) is 23.2 Å². The Hall–Kier alpha value is -6.25. The number of nitrogen functional groups attached to an aromatic ring is 1. The number of phenolic OH excluding ortho intramolecular Hbond substituents is 2. The summed E-state index contributed by atoms with van der Waals surface area (Å²) >= 11 is 24.0. The molecule has 4 aromatic heterocycles. The number of para-hydroxylation sites is 1. The van der Waals surface area contributed by atoms with Crippen molar-refractivity contribution >= 4 is 86.1 Å². The van der Waals surface area contributed by atoms with Gasteiger partial charge < -0.3 is 21.3 Å². The van der Waals surface area contributed by atoms with E-state index in [2.05, 4.69) is 25.3 Å². The average Bonchev–Trinajstić information content (AvgIpc) is 3.21. The number of rotatable bonds is 5. The molecule has 0 saturated carbocycles. The predicted octanol–water partition coefficient (Wildman–Crippen LogP) is 11.8. The molecule has 1 atom stereocenters. The third-order valence-electron chi connectivity index (χ3n) is 8.03. The summed E-state index contributed by atoms with van der Waals surface area (Å²) in [5.74, 6) is -3.61. The molecular weight excluding hydrogens is 854 g/mol. The summed E-state index contributed by atoms with van der Waals surface area (Å²) in [6, 6.07) is 26.5. The van der Waals surface area contributed by atoms with E-state index in [9.17, 15) is 32.6 Å². The number of carbonyl (C=O) groups is 1. The standard InChI is InChI=1S/C21H13Cl2F2N3O.C9H7NO.C7H4Cl2O.C5H4F2N2/c22-14-4-1-5-15(23)17(14)19(28-21-16(25)9-12(24)10-27-21)13-7-6-11-3-2-8-26-18(11)20(13)29;11-8-5-1-3-7-4-2-6-10-9(7)8;8-6-2-1-3-7(9)5(6)4-10;6-3-1-4(7)5(8)9-2-3/h1-10,19,29H,(H,27,28);1-6,11H;1-4H;1-2H,(H2,8,9). The fraction of sp³-hybridized carbons (Fsp3) is 0.0238. The van der Waals surface area contributed by atoms with Crippen LogP contribution in [0.3, 0.4) is 0 Å². The SMILES string of the molecule is Nc1ncc(F)cc1F.O=Cc1c(Cl)cccc1Cl.Oc1c(C(Nc2ncc(F)cc2F)c2c(Cl)cccc2Cl)ccc2cccnc12.Oc1cccc2cccnc12. The first kappa shape index (κ1) is 43.9. The van der Waals surface area contributed by atoms with Gasteiger partial charge in [0.15, 0.2) is 29.6 Å². The lowest BCUT2D eigenvalue weighted by Gasteiger charge is -2.24. The second kappa shape index (κ2) is 20.4. The Morgan fingerprint density at radius 1 is 0.627 bits per heavy atom. The van der Waals surface area contributed by atoms with Crippen molar-refractivity contribution < 1.29 is 32.6 Å². The Kier molecular flexibility index (Phi) is 15.2. The molecule has 0 amide bonds. The van der Waals surface area contributed by atoms with E-state index in [1.54, 1.807) is 85.2 Å². The number of halogens is 8. The summed E-state index contributed by atoms with van der Waals surface area (Å²) < 4.78 is 51.7. The number of hydrogen-bond acceptors (Lipinski definition) is 9. The molecule has 0 aliphatic rings. The Bertz CT molecular complexity index is 2710. The van der Waals surface area contributed by atoms with Crippen LogP contribution in [0.2, 0.25) is 20.1 Å². The number of aromatic hydroxyl groups is 2. The molecule has 4 heterocycles. The van der Waals surface area contributed by atoms with E-state index in [0.29, 0.717) is 66.2 Å². The fourth-order valence-corrected chi connectivity index (χ4v) is 6.37. The van der Waals surface area contributed by atoms with Crippen molar-refractivity contribution in [2.45, 2.75) is 6.04 Å². The number of nitrogens with two attached hydrogens (primary N) is 1. The molecule has 300 valence electrons. The number of anilines is 2. The van der Waals surface area contributed by atoms with Crippen LogP contribution in [0.4, 0.5) is 29.2 Å². The lowest BCUT2D eigenvalue weighted by atomic mass is 9.96. The van der Waals surface area contributed by atoms with Crippen LogP contribution in [0, 0.1) is 23.3 Å². The van der Waals surface area contributed by atoms with Crippen LogP contribution >= 0.6 is 46.4 Å². The summed E-state index contributed by atoms with van der Waals surface area (Å²) in [5, 5.41) is 26.2. The molecule has 0 spiro atoms. The third kappa shape index (κ3) is 11.2. The summed E-state index contributed by atoms with van der Waals surface area (Å²) in [5.41, 5.74) is 7.09. The van der Waals surface area contributed by atoms with E-state index < -0.39 is 29.3 Å². The Morgan fingerprint density at radius 2 is 1.15 bits per heavy atom. The van der Waals surface area contributed by atoms with Gasteiger partial charge in [0, 0.05) is 56.5 Å². The van der Waals surface area contributed by atoms with Crippen molar-refractivity contribution in [3.63, 3.8) is 0 Å². The van der Waals surface area contributed by atoms with Gasteiger partial charge in [0.25, 0.3) is 0 Å². The van der Waals surface area contributed by atoms with Crippen molar-refractivity contribution in [3.8, 4) is 11.5 Å². The maximum Gasteiger partial charge on any atom is 0.168 e. The first-order chi connectivity index (χ1) is 28.3. The monoisotopic (exact) mass is 880 g/mol. The van der Waals surface area contributed by atoms with Gasteiger partial charge in [0.2, 0.25) is 0 Å². The molecular formula is C42H28Cl4F4N6O3. The number of phenols is 2. The molecule has 0 radical (unpaired) electrons. The smallest absolute Gasteiger partial charge is 0.168 e. The van der Waals surface area contributed by atoms with Gasteiger partial charge in [-0.1, -0.05) is 94.9 Å². The van der Waals surface area contributed by atoms with Gasteiger partial charge in [0.05, 0.1) is 34.0 Å². The van der Waals surface area contributed by atoms with Gasteiger partial charge in [-0.05, 0) is 42.5 Å². The molecule has 0 fully saturated rings. The van der Waals surface area contributed by atoms with Gasteiger partial charge >= 0.3 is 0 Å². The van der Waals surface area contributed by atoms with Crippen LogP contribution in [0.1, 0.15) is 27.5 Å². The third-order valence-corrected chi connectivity index (χ3v) is 9.35. The maximum absolute atomic E-state index is 14.3. The fourth-order valence-electron chi connectivity index (χ4n) is 5.26. The van der Waals surface area contributed by atoms with Crippen LogP contribution < -0.4 is 11.1 Å². The van der Waals surface area contributed by atoms with E-state index in [1.807, 2.05) is 18.2 Å². The minimum atomic E-state index is -0.892. The molecule has 59 heavy (non-hydrogen) atoms. The predicted molar refractivity (Wildman–Crippen MR) is 223 cm³/mol. The number of fused-ring (bicyclic) bond motifs is 2. The van der Waals surface area contributed by atoms with Gasteiger partial charge in [0.1, 0.15) is 34.2 Å². The Balaban J connectivity index is 0.000000179. The lowest BCUT2D eigenvalue weighted by molar-refractivity contribution is 0.112. The van der Waals surface area contributed by atoms with E-state index >= 15 is 0 Å². The molecule has 0 aliphatic carbocycles. The van der Waals surface area contributed by atoms with Crippen LogP contribution in [-0.2, 0) is 0 Å². The quantitative estimate of drug-likeness (QED) is 0.0979. The molecule has 5 N–H and O–H groups in total. The molecule has 4 aromatic carbocycles. The van der Waals surface area contributed by atoms with E-state index in [4.69, 9.17) is 52.1 Å². The first-order valence-electron chi connectivity index (χ1n) is 16.9. The number of carbonyl (C=O) groups excluding carboxylic acids is 1. The molecule has 8 rings (SSSR count). The highest BCUT2D eigenvalue weighted by Crippen LogP contribution is 2.41. The Labute approximate surface area is 353 Å². The second-order valence-corrected chi connectivity index (χ2v) is 13.5. The lowest BCUT2D eigenvalue weighted by Crippen LogP contribution is -2.16. The van der Waals surface area contributed by atoms with Gasteiger partial charge in [-0.15, -0.1) is 0 Å². The maximum atomic E-state index is 14.3. The molecule has 0 saturated heterocycles. The first-order valence-corrected chi connectivity index (χ1v) is 18.4. The molecule has 0 aliphatic heterocycles. The normalized spacial score (nSPS) is 10.9. The Morgan fingerprint density at radius 3 is 1.69 bits per heavy atom. The van der Waals surface area contributed by atoms with Crippen molar-refractivity contribution in [3.05, 3.63) is 188 Å². The van der Waals surface area contributed by atoms with Gasteiger partial charge in [-0.2, -0.15) is 0 Å². The zero-order valence-electron chi connectivity index (χ0n) is 30.0. The number of benzene rings is 4. The van der Waals surface area contributed by atoms with Crippen LogP contribution in [-0.4, -0.2) is 36.4 Å².